The minimum Gasteiger partial charge on any atom is -0.497 e. The fourth-order valence-electron chi connectivity index (χ4n) is 3.62. The van der Waals surface area contributed by atoms with Gasteiger partial charge < -0.3 is 14.5 Å². The first-order valence-electron chi connectivity index (χ1n) is 8.50. The van der Waals surface area contributed by atoms with Crippen LogP contribution in [0.5, 0.6) is 5.75 Å². The van der Waals surface area contributed by atoms with Crippen molar-refractivity contribution in [2.75, 3.05) is 25.6 Å². The standard InChI is InChI=1S/C17H20N6O3/c1-4-9-22-12-14(24)18-17(25)21(2)15(12)23-13(19-20-16(22)23)10-5-7-11(26-3)8-6-10/h5-8,12,15H,4,9H2,1-3H3,(H,18,24,25). The van der Waals surface area contributed by atoms with Crippen molar-refractivity contribution >= 4 is 17.9 Å². The van der Waals surface area contributed by atoms with Gasteiger partial charge in [0.1, 0.15) is 11.9 Å². The zero-order chi connectivity index (χ0) is 18.4. The monoisotopic (exact) mass is 356 g/mol. The Morgan fingerprint density at radius 1 is 1.19 bits per heavy atom. The van der Waals surface area contributed by atoms with Crippen molar-refractivity contribution in [1.82, 2.24) is 25.0 Å². The summed E-state index contributed by atoms with van der Waals surface area (Å²) in [6.45, 7) is 2.69. The number of likely N-dealkylation sites (N-methyl/N-ethyl adjacent to an activating group) is 1. The van der Waals surface area contributed by atoms with Gasteiger partial charge in [0.2, 0.25) is 5.95 Å². The molecule has 9 heteroatoms. The van der Waals surface area contributed by atoms with Gasteiger partial charge >= 0.3 is 6.03 Å². The van der Waals surface area contributed by atoms with Crippen LogP contribution in [0.2, 0.25) is 0 Å². The predicted octanol–water partition coefficient (Wildman–Crippen LogP) is 1.23. The Kier molecular flexibility index (Phi) is 3.78. The molecule has 136 valence electrons. The minimum absolute atomic E-state index is 0.308. The number of hydrogen-bond acceptors (Lipinski definition) is 6. The number of fused-ring (bicyclic) bond motifs is 3. The molecule has 2 atom stereocenters. The summed E-state index contributed by atoms with van der Waals surface area (Å²) in [5.74, 6) is 1.65. The fraction of sp³-hybridized carbons (Fsp3) is 0.412. The summed E-state index contributed by atoms with van der Waals surface area (Å²) in [6, 6.07) is 6.53. The van der Waals surface area contributed by atoms with E-state index in [1.807, 2.05) is 40.7 Å². The highest BCUT2D eigenvalue weighted by atomic mass is 16.5. The second kappa shape index (κ2) is 6.01. The van der Waals surface area contributed by atoms with Crippen LogP contribution in [0.4, 0.5) is 10.7 Å². The van der Waals surface area contributed by atoms with Crippen LogP contribution >= 0.6 is 0 Å². The molecule has 3 heterocycles. The van der Waals surface area contributed by atoms with E-state index in [-0.39, 0.29) is 5.91 Å². The van der Waals surface area contributed by atoms with Crippen LogP contribution in [0.3, 0.4) is 0 Å². The number of nitrogens with one attached hydrogen (secondary N) is 1. The molecule has 1 fully saturated rings. The van der Waals surface area contributed by atoms with Crippen molar-refractivity contribution in [2.45, 2.75) is 25.6 Å². The quantitative estimate of drug-likeness (QED) is 0.886. The van der Waals surface area contributed by atoms with Gasteiger partial charge in [-0.1, -0.05) is 6.92 Å². The molecule has 0 aliphatic carbocycles. The lowest BCUT2D eigenvalue weighted by Gasteiger charge is -2.36. The molecule has 1 aromatic heterocycles. The number of amides is 3. The lowest BCUT2D eigenvalue weighted by molar-refractivity contribution is -0.124. The van der Waals surface area contributed by atoms with Crippen LogP contribution in [0.1, 0.15) is 19.5 Å². The van der Waals surface area contributed by atoms with Gasteiger partial charge in [-0.25, -0.2) is 4.79 Å². The Hall–Kier alpha value is -3.10. The second-order valence-electron chi connectivity index (χ2n) is 6.38. The number of nitrogens with zero attached hydrogens (tertiary/aromatic N) is 5. The van der Waals surface area contributed by atoms with E-state index in [9.17, 15) is 9.59 Å². The third kappa shape index (κ3) is 2.23. The summed E-state index contributed by atoms with van der Waals surface area (Å²) in [7, 11) is 3.29. The first-order valence-corrected chi connectivity index (χ1v) is 8.50. The zero-order valence-corrected chi connectivity index (χ0v) is 14.8. The number of methoxy groups -OCH3 is 1. The van der Waals surface area contributed by atoms with Gasteiger partial charge in [0.25, 0.3) is 5.91 Å². The number of urea groups is 1. The van der Waals surface area contributed by atoms with Crippen molar-refractivity contribution in [3.8, 4) is 17.1 Å². The Morgan fingerprint density at radius 3 is 2.58 bits per heavy atom. The highest BCUT2D eigenvalue weighted by Gasteiger charge is 2.52. The summed E-state index contributed by atoms with van der Waals surface area (Å²) >= 11 is 0. The van der Waals surface area contributed by atoms with E-state index in [2.05, 4.69) is 15.5 Å². The van der Waals surface area contributed by atoms with Gasteiger partial charge in [0.05, 0.1) is 7.11 Å². The Balaban J connectivity index is 1.84. The third-order valence-electron chi connectivity index (χ3n) is 4.85. The van der Waals surface area contributed by atoms with Crippen molar-refractivity contribution < 1.29 is 14.3 Å². The number of hydrogen-bond donors (Lipinski definition) is 1. The SMILES string of the molecule is CCCN1c2nnc(-c3ccc(OC)cc3)n2C2C1C(=O)NC(=O)N2C. The molecule has 1 aromatic carbocycles. The molecule has 2 aliphatic heterocycles. The van der Waals surface area contributed by atoms with Crippen molar-refractivity contribution in [2.24, 2.45) is 0 Å². The molecular weight excluding hydrogens is 336 g/mol. The van der Waals surface area contributed by atoms with Gasteiger partial charge in [-0.3, -0.25) is 14.7 Å². The predicted molar refractivity (Wildman–Crippen MR) is 93.8 cm³/mol. The summed E-state index contributed by atoms with van der Waals surface area (Å²) in [6.07, 6.45) is 0.365. The van der Waals surface area contributed by atoms with Gasteiger partial charge in [-0.2, -0.15) is 0 Å². The van der Waals surface area contributed by atoms with E-state index in [0.29, 0.717) is 18.3 Å². The van der Waals surface area contributed by atoms with E-state index in [1.165, 1.54) is 4.90 Å². The number of ether oxygens (including phenoxy) is 1. The average molecular weight is 356 g/mol. The maximum atomic E-state index is 12.5. The topological polar surface area (TPSA) is 92.6 Å². The largest absolute Gasteiger partial charge is 0.497 e. The lowest BCUT2D eigenvalue weighted by atomic mass is 10.1. The van der Waals surface area contributed by atoms with Crippen LogP contribution in [-0.2, 0) is 4.79 Å². The molecule has 0 bridgehead atoms. The first-order chi connectivity index (χ1) is 12.6. The van der Waals surface area contributed by atoms with E-state index < -0.39 is 18.2 Å². The van der Waals surface area contributed by atoms with E-state index in [1.54, 1.807) is 14.2 Å². The normalized spacial score (nSPS) is 21.5. The molecule has 2 aliphatic rings. The number of carbonyl (C=O) groups excluding carboxylic acids is 2. The Labute approximate surface area is 150 Å². The number of imide groups is 1. The number of rotatable bonds is 4. The second-order valence-corrected chi connectivity index (χ2v) is 6.38. The third-order valence-corrected chi connectivity index (χ3v) is 4.85. The molecular formula is C17H20N6O3. The highest BCUT2D eigenvalue weighted by Crippen LogP contribution is 2.40. The maximum Gasteiger partial charge on any atom is 0.325 e. The smallest absolute Gasteiger partial charge is 0.325 e. The van der Waals surface area contributed by atoms with Crippen molar-refractivity contribution in [1.29, 1.82) is 0 Å². The van der Waals surface area contributed by atoms with E-state index in [0.717, 1.165) is 17.7 Å². The average Bonchev–Trinajstić information content (AvgIpc) is 3.20. The summed E-state index contributed by atoms with van der Waals surface area (Å²) in [5.41, 5.74) is 0.841. The molecule has 0 saturated carbocycles. The number of anilines is 1. The van der Waals surface area contributed by atoms with Gasteiger partial charge in [-0.15, -0.1) is 10.2 Å². The molecule has 2 aromatic rings. The molecule has 1 N–H and O–H groups in total. The van der Waals surface area contributed by atoms with Crippen LogP contribution in [-0.4, -0.2) is 58.3 Å². The molecule has 0 radical (unpaired) electrons. The molecule has 9 nitrogen and oxygen atoms in total. The fourth-order valence-corrected chi connectivity index (χ4v) is 3.62. The highest BCUT2D eigenvalue weighted by molar-refractivity contribution is 6.02. The summed E-state index contributed by atoms with van der Waals surface area (Å²) in [4.78, 5) is 28.2. The van der Waals surface area contributed by atoms with Crippen molar-refractivity contribution in [3.63, 3.8) is 0 Å². The minimum atomic E-state index is -0.514. The lowest BCUT2D eigenvalue weighted by Crippen LogP contribution is -2.61. The van der Waals surface area contributed by atoms with Crippen LogP contribution in [0.15, 0.2) is 24.3 Å². The van der Waals surface area contributed by atoms with Crippen LogP contribution in [0.25, 0.3) is 11.4 Å². The number of benzene rings is 1. The molecule has 0 spiro atoms. The van der Waals surface area contributed by atoms with Crippen LogP contribution in [0, 0.1) is 0 Å². The van der Waals surface area contributed by atoms with Gasteiger partial charge in [0.15, 0.2) is 11.9 Å². The number of aromatic nitrogens is 3. The van der Waals surface area contributed by atoms with Crippen LogP contribution < -0.4 is 15.0 Å². The van der Waals surface area contributed by atoms with E-state index in [4.69, 9.17) is 4.74 Å². The Morgan fingerprint density at radius 2 is 1.92 bits per heavy atom. The molecule has 2 unspecified atom stereocenters. The maximum absolute atomic E-state index is 12.5. The zero-order valence-electron chi connectivity index (χ0n) is 14.8. The van der Waals surface area contributed by atoms with Crippen molar-refractivity contribution in [3.05, 3.63) is 24.3 Å². The molecule has 1 saturated heterocycles. The first kappa shape index (κ1) is 16.4. The van der Waals surface area contributed by atoms with E-state index >= 15 is 0 Å². The van der Waals surface area contributed by atoms with Gasteiger partial charge in [-0.05, 0) is 30.7 Å². The number of carbonyl (C=O) groups is 2. The molecule has 4 rings (SSSR count). The summed E-state index contributed by atoms with van der Waals surface area (Å²) < 4.78 is 7.08. The summed E-state index contributed by atoms with van der Waals surface area (Å²) in [5, 5.41) is 11.1. The molecule has 26 heavy (non-hydrogen) atoms. The molecule has 3 amide bonds. The Bertz CT molecular complexity index is 862. The van der Waals surface area contributed by atoms with Gasteiger partial charge in [0, 0.05) is 19.2 Å².